The minimum Gasteiger partial charge on any atom is -0.497 e. The van der Waals surface area contributed by atoms with Crippen molar-refractivity contribution in [2.45, 2.75) is 11.9 Å². The van der Waals surface area contributed by atoms with E-state index in [0.717, 1.165) is 27.9 Å². The van der Waals surface area contributed by atoms with E-state index >= 15 is 0 Å². The molecule has 1 saturated heterocycles. The third-order valence-corrected chi connectivity index (χ3v) is 5.90. The first kappa shape index (κ1) is 17.7. The number of aromatic nitrogens is 1. The third kappa shape index (κ3) is 3.45. The number of carbonyl (C=O) groups excluding carboxylic acids is 1. The lowest BCUT2D eigenvalue weighted by atomic mass is 10.1. The lowest BCUT2D eigenvalue weighted by molar-refractivity contribution is -0.128. The van der Waals surface area contributed by atoms with E-state index in [-0.39, 0.29) is 11.3 Å². The van der Waals surface area contributed by atoms with Crippen LogP contribution >= 0.6 is 11.8 Å². The summed E-state index contributed by atoms with van der Waals surface area (Å²) in [6.45, 7) is 0.470. The van der Waals surface area contributed by atoms with Gasteiger partial charge in [-0.05, 0) is 24.3 Å². The van der Waals surface area contributed by atoms with Crippen molar-refractivity contribution >= 4 is 28.6 Å². The largest absolute Gasteiger partial charge is 0.497 e. The van der Waals surface area contributed by atoms with Gasteiger partial charge in [0.25, 0.3) is 0 Å². The molecule has 2 aromatic carbocycles. The predicted octanol–water partition coefficient (Wildman–Crippen LogP) is 4.03. The molecule has 0 radical (unpaired) electrons. The molecular weight excluding hydrogens is 360 g/mol. The second-order valence-corrected chi connectivity index (χ2v) is 7.36. The number of nitrogens with zero attached hydrogens (tertiary/aromatic N) is 2. The molecule has 27 heavy (non-hydrogen) atoms. The fourth-order valence-electron chi connectivity index (χ4n) is 3.26. The lowest BCUT2D eigenvalue weighted by Gasteiger charge is -2.24. The number of carbonyl (C=O) groups is 1. The molecule has 1 aliphatic heterocycles. The summed E-state index contributed by atoms with van der Waals surface area (Å²) in [5, 5.41) is 0.993. The maximum atomic E-state index is 12.6. The molecule has 0 saturated carbocycles. The van der Waals surface area contributed by atoms with Crippen LogP contribution in [0.1, 0.15) is 16.6 Å². The van der Waals surface area contributed by atoms with Crippen LogP contribution in [-0.4, -0.2) is 35.8 Å². The zero-order valence-electron chi connectivity index (χ0n) is 15.2. The molecular formula is C21H20N2O3S. The summed E-state index contributed by atoms with van der Waals surface area (Å²) >= 11 is 1.61. The lowest BCUT2D eigenvalue weighted by Crippen LogP contribution is -2.28. The highest BCUT2D eigenvalue weighted by atomic mass is 32.2. The number of hydrogen-bond donors (Lipinski definition) is 0. The van der Waals surface area contributed by atoms with Crippen LogP contribution in [-0.2, 0) is 11.3 Å². The van der Waals surface area contributed by atoms with E-state index in [9.17, 15) is 4.79 Å². The molecule has 1 unspecified atom stereocenters. The Bertz CT molecular complexity index is 992. The Morgan fingerprint density at radius 2 is 1.96 bits per heavy atom. The molecule has 0 N–H and O–H groups in total. The monoisotopic (exact) mass is 380 g/mol. The molecule has 1 aromatic heterocycles. The first-order valence-electron chi connectivity index (χ1n) is 8.67. The Labute approximate surface area is 162 Å². The van der Waals surface area contributed by atoms with Gasteiger partial charge in [-0.15, -0.1) is 11.8 Å². The number of para-hydroxylation sites is 1. The highest BCUT2D eigenvalue weighted by Crippen LogP contribution is 2.40. The molecule has 1 atom stereocenters. The van der Waals surface area contributed by atoms with E-state index in [1.165, 1.54) is 0 Å². The summed E-state index contributed by atoms with van der Waals surface area (Å²) in [4.78, 5) is 19.2. The molecule has 4 rings (SSSR count). The van der Waals surface area contributed by atoms with Crippen LogP contribution in [0.15, 0.2) is 54.6 Å². The zero-order valence-corrected chi connectivity index (χ0v) is 16.0. The van der Waals surface area contributed by atoms with Gasteiger partial charge in [0.15, 0.2) is 0 Å². The number of ether oxygens (including phenoxy) is 2. The SMILES string of the molecule is COc1ccc(CN2C(=O)CSC2c2ccc3ccccc3n2)c(OC)c1. The Hall–Kier alpha value is -2.73. The number of thioether (sulfide) groups is 1. The highest BCUT2D eigenvalue weighted by Gasteiger charge is 2.34. The first-order chi connectivity index (χ1) is 13.2. The average Bonchev–Trinajstić information content (AvgIpc) is 3.08. The maximum absolute atomic E-state index is 12.6. The second kappa shape index (κ2) is 7.48. The molecule has 5 nitrogen and oxygen atoms in total. The van der Waals surface area contributed by atoms with Gasteiger partial charge in [0.1, 0.15) is 16.9 Å². The fraction of sp³-hybridized carbons (Fsp3) is 0.238. The molecule has 1 aliphatic rings. The van der Waals surface area contributed by atoms with Crippen molar-refractivity contribution in [1.29, 1.82) is 0 Å². The molecule has 0 spiro atoms. The predicted molar refractivity (Wildman–Crippen MR) is 107 cm³/mol. The average molecular weight is 380 g/mol. The highest BCUT2D eigenvalue weighted by molar-refractivity contribution is 8.00. The summed E-state index contributed by atoms with van der Waals surface area (Å²) < 4.78 is 10.8. The van der Waals surface area contributed by atoms with Crippen molar-refractivity contribution in [1.82, 2.24) is 9.88 Å². The van der Waals surface area contributed by atoms with Gasteiger partial charge in [0, 0.05) is 17.0 Å². The Morgan fingerprint density at radius 1 is 1.11 bits per heavy atom. The number of amides is 1. The van der Waals surface area contributed by atoms with E-state index in [0.29, 0.717) is 18.0 Å². The summed E-state index contributed by atoms with van der Waals surface area (Å²) in [7, 11) is 3.25. The minimum absolute atomic E-state index is 0.103. The van der Waals surface area contributed by atoms with Gasteiger partial charge < -0.3 is 14.4 Å². The zero-order chi connectivity index (χ0) is 18.8. The molecule has 3 aromatic rings. The molecule has 138 valence electrons. The van der Waals surface area contributed by atoms with E-state index < -0.39 is 0 Å². The van der Waals surface area contributed by atoms with Crippen LogP contribution in [0.2, 0.25) is 0 Å². The molecule has 1 fully saturated rings. The number of rotatable bonds is 5. The Balaban J connectivity index is 1.65. The van der Waals surface area contributed by atoms with E-state index in [1.54, 1.807) is 26.0 Å². The third-order valence-electron chi connectivity index (χ3n) is 4.68. The quantitative estimate of drug-likeness (QED) is 0.669. The van der Waals surface area contributed by atoms with Crippen molar-refractivity contribution in [2.24, 2.45) is 0 Å². The number of hydrogen-bond acceptors (Lipinski definition) is 5. The maximum Gasteiger partial charge on any atom is 0.234 e. The molecule has 1 amide bonds. The van der Waals surface area contributed by atoms with Crippen LogP contribution in [0.5, 0.6) is 11.5 Å². The number of fused-ring (bicyclic) bond motifs is 1. The minimum atomic E-state index is -0.103. The number of benzene rings is 2. The van der Waals surface area contributed by atoms with Gasteiger partial charge in [-0.25, -0.2) is 4.98 Å². The van der Waals surface area contributed by atoms with Crippen molar-refractivity contribution < 1.29 is 14.3 Å². The van der Waals surface area contributed by atoms with E-state index in [1.807, 2.05) is 53.4 Å². The number of pyridine rings is 1. The first-order valence-corrected chi connectivity index (χ1v) is 9.72. The standard InChI is InChI=1S/C21H20N2O3S/c1-25-16-9-7-15(19(11-16)26-2)12-23-20(24)13-27-21(23)18-10-8-14-5-3-4-6-17(14)22-18/h3-11,21H,12-13H2,1-2H3. The Kier molecular flexibility index (Phi) is 4.90. The van der Waals surface area contributed by atoms with Gasteiger partial charge in [0.05, 0.1) is 37.7 Å². The summed E-state index contributed by atoms with van der Waals surface area (Å²) in [5.41, 5.74) is 2.79. The molecule has 6 heteroatoms. The fourth-order valence-corrected chi connectivity index (χ4v) is 4.40. The summed E-state index contributed by atoms with van der Waals surface area (Å²) in [6, 6.07) is 17.8. The van der Waals surface area contributed by atoms with E-state index in [2.05, 4.69) is 6.07 Å². The second-order valence-electron chi connectivity index (χ2n) is 6.29. The van der Waals surface area contributed by atoms with Gasteiger partial charge in [-0.3, -0.25) is 4.79 Å². The summed E-state index contributed by atoms with van der Waals surface area (Å²) in [6.07, 6.45) is 0. The normalized spacial score (nSPS) is 16.7. The van der Waals surface area contributed by atoms with Gasteiger partial charge in [0.2, 0.25) is 5.91 Å². The van der Waals surface area contributed by atoms with Crippen LogP contribution in [0.25, 0.3) is 10.9 Å². The van der Waals surface area contributed by atoms with Gasteiger partial charge in [-0.2, -0.15) is 0 Å². The topological polar surface area (TPSA) is 51.7 Å². The Morgan fingerprint density at radius 3 is 2.78 bits per heavy atom. The van der Waals surface area contributed by atoms with Gasteiger partial charge in [-0.1, -0.05) is 24.3 Å². The van der Waals surface area contributed by atoms with Crippen LogP contribution in [0.3, 0.4) is 0 Å². The molecule has 0 bridgehead atoms. The summed E-state index contributed by atoms with van der Waals surface area (Å²) in [5.74, 6) is 2.00. The van der Waals surface area contributed by atoms with Crippen molar-refractivity contribution in [3.8, 4) is 11.5 Å². The van der Waals surface area contributed by atoms with Crippen LogP contribution in [0, 0.1) is 0 Å². The van der Waals surface area contributed by atoms with E-state index in [4.69, 9.17) is 14.5 Å². The molecule has 2 heterocycles. The van der Waals surface area contributed by atoms with Crippen molar-refractivity contribution in [3.63, 3.8) is 0 Å². The smallest absolute Gasteiger partial charge is 0.234 e. The van der Waals surface area contributed by atoms with Crippen molar-refractivity contribution in [3.05, 3.63) is 65.9 Å². The van der Waals surface area contributed by atoms with Crippen LogP contribution in [0.4, 0.5) is 0 Å². The van der Waals surface area contributed by atoms with Crippen LogP contribution < -0.4 is 9.47 Å². The van der Waals surface area contributed by atoms with Gasteiger partial charge >= 0.3 is 0 Å². The molecule has 0 aliphatic carbocycles. The number of methoxy groups -OCH3 is 2. The van der Waals surface area contributed by atoms with Crippen molar-refractivity contribution in [2.75, 3.05) is 20.0 Å².